The van der Waals surface area contributed by atoms with Gasteiger partial charge in [-0.2, -0.15) is 0 Å². The van der Waals surface area contributed by atoms with Gasteiger partial charge in [0, 0.05) is 6.04 Å². The smallest absolute Gasteiger partial charge is 0.306 e. The van der Waals surface area contributed by atoms with Gasteiger partial charge in [0.05, 0.1) is 16.0 Å². The zero-order valence-corrected chi connectivity index (χ0v) is 11.1. The predicted molar refractivity (Wildman–Crippen MR) is 70.1 cm³/mol. The number of carboxylic acid groups (broad SMARTS) is 1. The van der Waals surface area contributed by atoms with E-state index in [4.69, 9.17) is 34.0 Å². The number of fused-ring (bicyclic) bond motifs is 1. The third-order valence-corrected chi connectivity index (χ3v) is 3.81. The lowest BCUT2D eigenvalue weighted by molar-refractivity contribution is -0.142. The largest absolute Gasteiger partial charge is 0.481 e. The van der Waals surface area contributed by atoms with Gasteiger partial charge in [-0.3, -0.25) is 4.79 Å². The molecule has 0 heterocycles. The maximum atomic E-state index is 11.0. The maximum Gasteiger partial charge on any atom is 0.306 e. The second-order valence-corrected chi connectivity index (χ2v) is 4.80. The molecular formula is C11H12Cl3NO2. The minimum atomic E-state index is -0.836. The lowest BCUT2D eigenvalue weighted by atomic mass is 9.81. The summed E-state index contributed by atoms with van der Waals surface area (Å²) in [6.07, 6.45) is 0.845. The average Bonchev–Trinajstić information content (AvgIpc) is 2.23. The number of benzene rings is 1. The Kier molecular flexibility index (Phi) is 4.67. The Morgan fingerprint density at radius 2 is 2.06 bits per heavy atom. The van der Waals surface area contributed by atoms with Gasteiger partial charge in [-0.1, -0.05) is 29.3 Å². The molecule has 0 aliphatic heterocycles. The summed E-state index contributed by atoms with van der Waals surface area (Å²) in [7, 11) is 0. The van der Waals surface area contributed by atoms with Gasteiger partial charge in [0.15, 0.2) is 0 Å². The van der Waals surface area contributed by atoms with E-state index in [1.54, 1.807) is 6.07 Å². The highest BCUT2D eigenvalue weighted by Crippen LogP contribution is 2.38. The molecule has 0 bridgehead atoms. The standard InChI is InChI=1S/C11H11Cl2NO2.ClH/c12-8-2-1-6-7(10(8)13)3-5(11(15)16)4-9(6)14;/h1-2,5,9H,3-4,14H2,(H,15,16);1H/t5-,9-;/m1./s1. The molecule has 0 amide bonds. The molecule has 1 aromatic rings. The topological polar surface area (TPSA) is 63.3 Å². The first-order valence-electron chi connectivity index (χ1n) is 4.96. The number of carbonyl (C=O) groups is 1. The molecule has 0 saturated heterocycles. The molecule has 3 nitrogen and oxygen atoms in total. The number of rotatable bonds is 1. The van der Waals surface area contributed by atoms with Crippen LogP contribution in [0.4, 0.5) is 0 Å². The van der Waals surface area contributed by atoms with E-state index >= 15 is 0 Å². The quantitative estimate of drug-likeness (QED) is 0.837. The van der Waals surface area contributed by atoms with Crippen molar-refractivity contribution in [2.45, 2.75) is 18.9 Å². The summed E-state index contributed by atoms with van der Waals surface area (Å²) in [6, 6.07) is 3.25. The highest BCUT2D eigenvalue weighted by Gasteiger charge is 2.30. The summed E-state index contributed by atoms with van der Waals surface area (Å²) in [5.41, 5.74) is 7.62. The number of carboxylic acids is 1. The van der Waals surface area contributed by atoms with Crippen LogP contribution >= 0.6 is 35.6 Å². The van der Waals surface area contributed by atoms with E-state index in [0.29, 0.717) is 22.9 Å². The summed E-state index contributed by atoms with van der Waals surface area (Å²) in [6.45, 7) is 0. The average molecular weight is 297 g/mol. The van der Waals surface area contributed by atoms with E-state index in [2.05, 4.69) is 0 Å². The summed E-state index contributed by atoms with van der Waals surface area (Å²) in [4.78, 5) is 11.0. The van der Waals surface area contributed by atoms with Crippen LogP contribution in [0.3, 0.4) is 0 Å². The summed E-state index contributed by atoms with van der Waals surface area (Å²) in [5.74, 6) is -1.31. The Labute approximate surface area is 115 Å². The lowest BCUT2D eigenvalue weighted by Crippen LogP contribution is -2.29. The van der Waals surface area contributed by atoms with Gasteiger partial charge in [-0.25, -0.2) is 0 Å². The van der Waals surface area contributed by atoms with Crippen LogP contribution in [0.1, 0.15) is 23.6 Å². The molecule has 2 atom stereocenters. The van der Waals surface area contributed by atoms with Crippen LogP contribution in [0.5, 0.6) is 0 Å². The molecule has 0 fully saturated rings. The maximum absolute atomic E-state index is 11.0. The summed E-state index contributed by atoms with van der Waals surface area (Å²) >= 11 is 12.0. The first-order chi connectivity index (χ1) is 7.50. The van der Waals surface area contributed by atoms with Gasteiger partial charge in [0.1, 0.15) is 0 Å². The van der Waals surface area contributed by atoms with Crippen LogP contribution in [-0.4, -0.2) is 11.1 Å². The van der Waals surface area contributed by atoms with Crippen molar-refractivity contribution in [2.75, 3.05) is 0 Å². The normalized spacial score (nSPS) is 22.5. The molecule has 0 spiro atoms. The highest BCUT2D eigenvalue weighted by atomic mass is 35.5. The minimum Gasteiger partial charge on any atom is -0.481 e. The molecule has 3 N–H and O–H groups in total. The number of aliphatic carboxylic acids is 1. The van der Waals surface area contributed by atoms with E-state index in [1.165, 1.54) is 0 Å². The Morgan fingerprint density at radius 3 is 2.65 bits per heavy atom. The first-order valence-corrected chi connectivity index (χ1v) is 5.71. The molecule has 0 radical (unpaired) electrons. The molecule has 94 valence electrons. The van der Waals surface area contributed by atoms with E-state index in [9.17, 15) is 4.79 Å². The van der Waals surface area contributed by atoms with Gasteiger partial charge in [0.25, 0.3) is 0 Å². The molecular weight excluding hydrogens is 284 g/mol. The highest BCUT2D eigenvalue weighted by molar-refractivity contribution is 6.42. The van der Waals surface area contributed by atoms with Gasteiger partial charge in [-0.05, 0) is 30.0 Å². The minimum absolute atomic E-state index is 0. The fourth-order valence-corrected chi connectivity index (χ4v) is 2.54. The van der Waals surface area contributed by atoms with E-state index in [-0.39, 0.29) is 18.4 Å². The van der Waals surface area contributed by atoms with Crippen molar-refractivity contribution in [3.8, 4) is 0 Å². The summed E-state index contributed by atoms with van der Waals surface area (Å²) in [5, 5.41) is 9.88. The van der Waals surface area contributed by atoms with Crippen molar-refractivity contribution >= 4 is 41.6 Å². The van der Waals surface area contributed by atoms with Gasteiger partial charge in [-0.15, -0.1) is 12.4 Å². The lowest BCUT2D eigenvalue weighted by Gasteiger charge is -2.28. The van der Waals surface area contributed by atoms with Gasteiger partial charge in [0.2, 0.25) is 0 Å². The van der Waals surface area contributed by atoms with Crippen molar-refractivity contribution in [1.82, 2.24) is 0 Å². The number of hydrogen-bond donors (Lipinski definition) is 2. The first kappa shape index (κ1) is 14.6. The van der Waals surface area contributed by atoms with Crippen LogP contribution in [0.25, 0.3) is 0 Å². The number of halogens is 3. The van der Waals surface area contributed by atoms with Crippen LogP contribution in [-0.2, 0) is 11.2 Å². The van der Waals surface area contributed by atoms with Crippen LogP contribution in [0.15, 0.2) is 12.1 Å². The van der Waals surface area contributed by atoms with E-state index in [1.807, 2.05) is 6.07 Å². The molecule has 0 aromatic heterocycles. The molecule has 17 heavy (non-hydrogen) atoms. The molecule has 1 aromatic carbocycles. The van der Waals surface area contributed by atoms with Crippen LogP contribution in [0.2, 0.25) is 10.0 Å². The van der Waals surface area contributed by atoms with Crippen molar-refractivity contribution in [1.29, 1.82) is 0 Å². The third-order valence-electron chi connectivity index (χ3n) is 2.97. The molecule has 6 heteroatoms. The molecule has 1 aliphatic carbocycles. The fourth-order valence-electron chi connectivity index (χ4n) is 2.11. The predicted octanol–water partition coefficient (Wildman–Crippen LogP) is 3.06. The number of nitrogens with two attached hydrogens (primary N) is 1. The number of hydrogen-bond acceptors (Lipinski definition) is 2. The zero-order chi connectivity index (χ0) is 11.9. The molecule has 0 unspecified atom stereocenters. The van der Waals surface area contributed by atoms with E-state index < -0.39 is 11.9 Å². The second kappa shape index (κ2) is 5.44. The third kappa shape index (κ3) is 2.68. The van der Waals surface area contributed by atoms with Gasteiger partial charge >= 0.3 is 5.97 Å². The summed E-state index contributed by atoms with van der Waals surface area (Å²) < 4.78 is 0. The Morgan fingerprint density at radius 1 is 1.41 bits per heavy atom. The Hall–Kier alpha value is -0.480. The van der Waals surface area contributed by atoms with Crippen molar-refractivity contribution < 1.29 is 9.90 Å². The van der Waals surface area contributed by atoms with Gasteiger partial charge < -0.3 is 10.8 Å². The fraction of sp³-hybridized carbons (Fsp3) is 0.364. The zero-order valence-electron chi connectivity index (χ0n) is 8.82. The van der Waals surface area contributed by atoms with Crippen LogP contribution in [0, 0.1) is 5.92 Å². The van der Waals surface area contributed by atoms with E-state index in [0.717, 1.165) is 11.1 Å². The van der Waals surface area contributed by atoms with Crippen molar-refractivity contribution in [3.63, 3.8) is 0 Å². The Bertz CT molecular complexity index is 451. The Balaban J connectivity index is 0.00000144. The molecule has 2 rings (SSSR count). The second-order valence-electron chi connectivity index (χ2n) is 4.01. The van der Waals surface area contributed by atoms with Crippen LogP contribution < -0.4 is 5.73 Å². The molecule has 1 aliphatic rings. The SMILES string of the molecule is Cl.N[C@@H]1C[C@H](C(=O)O)Cc2c1ccc(Cl)c2Cl. The molecule has 0 saturated carbocycles. The van der Waals surface area contributed by atoms with Crippen molar-refractivity contribution in [3.05, 3.63) is 33.3 Å². The monoisotopic (exact) mass is 295 g/mol. The van der Waals surface area contributed by atoms with Crippen molar-refractivity contribution in [2.24, 2.45) is 11.7 Å².